The number of nitrogens with zero attached hydrogens (tertiary/aromatic N) is 4. The van der Waals surface area contributed by atoms with E-state index in [9.17, 15) is 22.2 Å². The van der Waals surface area contributed by atoms with Crippen LogP contribution < -0.4 is 15.2 Å². The second-order valence-corrected chi connectivity index (χ2v) is 13.0. The molecule has 1 saturated heterocycles. The van der Waals surface area contributed by atoms with E-state index in [4.69, 9.17) is 4.74 Å². The molecule has 0 aliphatic carbocycles. The van der Waals surface area contributed by atoms with Crippen molar-refractivity contribution in [2.45, 2.75) is 45.0 Å². The fourth-order valence-corrected chi connectivity index (χ4v) is 5.32. The Kier molecular flexibility index (Phi) is 7.76. The number of hydrogen-bond acceptors (Lipinski definition) is 5. The molecule has 11 heteroatoms. The van der Waals surface area contributed by atoms with Gasteiger partial charge in [0, 0.05) is 50.2 Å². The van der Waals surface area contributed by atoms with Crippen molar-refractivity contribution in [1.29, 1.82) is 0 Å². The van der Waals surface area contributed by atoms with Gasteiger partial charge >= 0.3 is 5.56 Å². The zero-order chi connectivity index (χ0) is 25.3. The molecule has 1 aliphatic heterocycles. The quantitative estimate of drug-likeness (QED) is 0.562. The average molecular weight is 503 g/mol. The van der Waals surface area contributed by atoms with Crippen LogP contribution in [0.15, 0.2) is 29.2 Å². The van der Waals surface area contributed by atoms with Crippen molar-refractivity contribution in [1.82, 2.24) is 14.1 Å². The van der Waals surface area contributed by atoms with Gasteiger partial charge in [0.2, 0.25) is 5.75 Å². The Hall–Kier alpha value is -2.40. The number of benzene rings is 1. The van der Waals surface area contributed by atoms with Crippen LogP contribution in [-0.4, -0.2) is 68.3 Å². The molecule has 0 radical (unpaired) electrons. The minimum Gasteiger partial charge on any atom is -0.486 e. The fourth-order valence-electron chi connectivity index (χ4n) is 3.69. The van der Waals surface area contributed by atoms with Crippen LogP contribution in [0.2, 0.25) is 0 Å². The summed E-state index contributed by atoms with van der Waals surface area (Å²) in [6.07, 6.45) is 3.23. The highest BCUT2D eigenvalue weighted by Crippen LogP contribution is 2.28. The van der Waals surface area contributed by atoms with E-state index in [2.05, 4.69) is 5.10 Å². The minimum absolute atomic E-state index is 0.0271. The van der Waals surface area contributed by atoms with Gasteiger partial charge in [0.1, 0.15) is 23.0 Å². The summed E-state index contributed by atoms with van der Waals surface area (Å²) in [5.41, 5.74) is -1.88. The van der Waals surface area contributed by atoms with Gasteiger partial charge in [0.05, 0.1) is 18.5 Å². The molecule has 3 rings (SSSR count). The van der Waals surface area contributed by atoms with Crippen molar-refractivity contribution in [2.75, 3.05) is 43.9 Å². The van der Waals surface area contributed by atoms with Gasteiger partial charge in [-0.15, -0.1) is 0 Å². The number of halogens is 3. The van der Waals surface area contributed by atoms with E-state index in [-0.39, 0.29) is 29.7 Å². The highest BCUT2D eigenvalue weighted by molar-refractivity contribution is 8.00. The number of piperazine rings is 1. The SMILES string of the molecule is CC(C)[SH](C)(=O)N1CCN(c2cnn(-c3cc(F)cc(F)c3)c(=O)c2OCCC(C)(C)F)CC1. The molecule has 1 aliphatic rings. The number of ether oxygens (including phenoxy) is 1. The van der Waals surface area contributed by atoms with Crippen LogP contribution in [0.25, 0.3) is 5.69 Å². The number of anilines is 1. The molecular weight excluding hydrogens is 469 g/mol. The molecule has 0 saturated carbocycles. The molecular formula is C23H33F3N4O3S. The molecule has 1 fully saturated rings. The Balaban J connectivity index is 1.94. The summed E-state index contributed by atoms with van der Waals surface area (Å²) in [5.74, 6) is -1.76. The van der Waals surface area contributed by atoms with Crippen molar-refractivity contribution in [3.63, 3.8) is 0 Å². The van der Waals surface area contributed by atoms with Crippen LogP contribution in [0.3, 0.4) is 0 Å². The molecule has 190 valence electrons. The maximum Gasteiger partial charge on any atom is 0.316 e. The maximum absolute atomic E-state index is 14.0. The first-order chi connectivity index (χ1) is 15.8. The van der Waals surface area contributed by atoms with Crippen LogP contribution in [0, 0.1) is 11.6 Å². The molecule has 0 spiro atoms. The summed E-state index contributed by atoms with van der Waals surface area (Å²) in [6.45, 7) is 8.65. The van der Waals surface area contributed by atoms with Crippen LogP contribution >= 0.6 is 0 Å². The standard InChI is InChI=1S/C23H33F3N4O3S/c1-16(2)34(5,32)29-9-7-28(8-10-29)20-15-27-30(19-13-17(24)12-18(25)14-19)22(31)21(20)33-11-6-23(3,4)26/h12-16,34H,6-11H2,1-5H3. The molecule has 0 N–H and O–H groups in total. The third kappa shape index (κ3) is 5.99. The van der Waals surface area contributed by atoms with Crippen molar-refractivity contribution < 1.29 is 22.1 Å². The lowest BCUT2D eigenvalue weighted by Gasteiger charge is -2.43. The van der Waals surface area contributed by atoms with Crippen molar-refractivity contribution in [3.8, 4) is 11.4 Å². The van der Waals surface area contributed by atoms with Crippen molar-refractivity contribution in [3.05, 3.63) is 46.4 Å². The van der Waals surface area contributed by atoms with Gasteiger partial charge in [0.15, 0.2) is 0 Å². The summed E-state index contributed by atoms with van der Waals surface area (Å²) in [6, 6.07) is 2.69. The summed E-state index contributed by atoms with van der Waals surface area (Å²) in [7, 11) is -2.49. The first kappa shape index (κ1) is 26.2. The summed E-state index contributed by atoms with van der Waals surface area (Å²) < 4.78 is 63.1. The van der Waals surface area contributed by atoms with Gasteiger partial charge in [0.25, 0.3) is 0 Å². The number of rotatable bonds is 8. The maximum atomic E-state index is 14.0. The van der Waals surface area contributed by atoms with Crippen LogP contribution in [0.1, 0.15) is 34.1 Å². The fraction of sp³-hybridized carbons (Fsp3) is 0.565. The predicted octanol–water partition coefficient (Wildman–Crippen LogP) is 3.12. The lowest BCUT2D eigenvalue weighted by Crippen LogP contribution is -2.53. The smallest absolute Gasteiger partial charge is 0.316 e. The monoisotopic (exact) mass is 502 g/mol. The summed E-state index contributed by atoms with van der Waals surface area (Å²) in [4.78, 5) is 15.2. The first-order valence-electron chi connectivity index (χ1n) is 11.3. The van der Waals surface area contributed by atoms with E-state index in [0.717, 1.165) is 16.8 Å². The Morgan fingerprint density at radius 1 is 1.12 bits per heavy atom. The van der Waals surface area contributed by atoms with Gasteiger partial charge in [-0.3, -0.25) is 9.00 Å². The van der Waals surface area contributed by atoms with Crippen LogP contribution in [-0.2, 0) is 10.1 Å². The minimum atomic E-state index is -2.49. The molecule has 0 unspecified atom stereocenters. The van der Waals surface area contributed by atoms with E-state index in [1.807, 2.05) is 23.1 Å². The summed E-state index contributed by atoms with van der Waals surface area (Å²) in [5, 5.41) is 4.15. The van der Waals surface area contributed by atoms with Gasteiger partial charge in [-0.2, -0.15) is 9.78 Å². The van der Waals surface area contributed by atoms with E-state index >= 15 is 0 Å². The zero-order valence-electron chi connectivity index (χ0n) is 20.2. The largest absolute Gasteiger partial charge is 0.486 e. The van der Waals surface area contributed by atoms with Crippen molar-refractivity contribution in [2.24, 2.45) is 0 Å². The Morgan fingerprint density at radius 3 is 2.24 bits per heavy atom. The van der Waals surface area contributed by atoms with Gasteiger partial charge in [-0.1, -0.05) is 24.0 Å². The Morgan fingerprint density at radius 2 is 1.71 bits per heavy atom. The summed E-state index contributed by atoms with van der Waals surface area (Å²) >= 11 is 0. The first-order valence-corrected chi connectivity index (χ1v) is 13.5. The van der Waals surface area contributed by atoms with E-state index < -0.39 is 33.0 Å². The molecule has 2 aromatic rings. The number of thiol groups is 1. The topological polar surface area (TPSA) is 67.7 Å². The number of alkyl halides is 1. The van der Waals surface area contributed by atoms with Crippen LogP contribution in [0.5, 0.6) is 5.75 Å². The average Bonchev–Trinajstić information content (AvgIpc) is 2.73. The van der Waals surface area contributed by atoms with Gasteiger partial charge in [-0.05, 0) is 26.0 Å². The lowest BCUT2D eigenvalue weighted by molar-refractivity contribution is 0.160. The molecule has 34 heavy (non-hydrogen) atoms. The van der Waals surface area contributed by atoms with E-state index in [1.54, 1.807) is 6.26 Å². The second kappa shape index (κ2) is 10.1. The van der Waals surface area contributed by atoms with Crippen molar-refractivity contribution >= 4 is 15.8 Å². The molecule has 2 heterocycles. The molecule has 1 aromatic carbocycles. The Bertz CT molecular complexity index is 1110. The van der Waals surface area contributed by atoms with E-state index in [1.165, 1.54) is 20.0 Å². The second-order valence-electron chi connectivity index (χ2n) is 9.50. The molecule has 0 bridgehead atoms. The number of aromatic nitrogens is 2. The molecule has 0 amide bonds. The third-order valence-electron chi connectivity index (χ3n) is 6.07. The Labute approximate surface area is 199 Å². The number of hydrogen-bond donors (Lipinski definition) is 1. The molecule has 0 atom stereocenters. The lowest BCUT2D eigenvalue weighted by atomic mass is 10.1. The van der Waals surface area contributed by atoms with Gasteiger partial charge in [-0.25, -0.2) is 17.5 Å². The molecule has 7 nitrogen and oxygen atoms in total. The highest BCUT2D eigenvalue weighted by Gasteiger charge is 2.29. The van der Waals surface area contributed by atoms with Crippen LogP contribution in [0.4, 0.5) is 18.9 Å². The third-order valence-corrected chi connectivity index (χ3v) is 9.51. The van der Waals surface area contributed by atoms with E-state index in [0.29, 0.717) is 37.9 Å². The highest BCUT2D eigenvalue weighted by atomic mass is 32.3. The normalized spacial score (nSPS) is 16.2. The molecule has 1 aromatic heterocycles. The predicted molar refractivity (Wildman–Crippen MR) is 129 cm³/mol. The zero-order valence-corrected chi connectivity index (χ0v) is 21.1. The van der Waals surface area contributed by atoms with Gasteiger partial charge < -0.3 is 9.64 Å².